The highest BCUT2D eigenvalue weighted by atomic mass is 32.2. The Hall–Kier alpha value is -1.05. The number of nitrogens with two attached hydrogens (primary N) is 1. The highest BCUT2D eigenvalue weighted by Gasteiger charge is 2.04. The van der Waals surface area contributed by atoms with Crippen molar-refractivity contribution >= 4 is 23.4 Å². The number of nitrogens with one attached hydrogen (secondary N) is 1. The molecule has 1 aromatic rings. The van der Waals surface area contributed by atoms with E-state index in [1.165, 1.54) is 11.8 Å². The van der Waals surface area contributed by atoms with Crippen molar-refractivity contribution in [2.75, 3.05) is 37.6 Å². The predicted octanol–water partition coefficient (Wildman–Crippen LogP) is 0.590. The fraction of sp³-hybridized carbons (Fsp3) is 0.600. The number of hydrogen-bond acceptors (Lipinski definition) is 7. The number of aromatic nitrogens is 2. The summed E-state index contributed by atoms with van der Waals surface area (Å²) in [6, 6.07) is 1.67. The van der Waals surface area contributed by atoms with Crippen molar-refractivity contribution < 1.29 is 9.84 Å². The van der Waals surface area contributed by atoms with Gasteiger partial charge in [0.05, 0.1) is 12.7 Å². The van der Waals surface area contributed by atoms with Crippen LogP contribution < -0.4 is 11.1 Å². The molecule has 0 aliphatic heterocycles. The van der Waals surface area contributed by atoms with Crippen LogP contribution in [0.3, 0.4) is 0 Å². The molecule has 4 N–H and O–H groups in total. The summed E-state index contributed by atoms with van der Waals surface area (Å²) in [5, 5.41) is 13.2. The van der Waals surface area contributed by atoms with Crippen LogP contribution in [-0.4, -0.2) is 47.7 Å². The van der Waals surface area contributed by atoms with Gasteiger partial charge >= 0.3 is 0 Å². The molecule has 1 rings (SSSR count). The van der Waals surface area contributed by atoms with E-state index in [4.69, 9.17) is 10.5 Å². The van der Waals surface area contributed by atoms with Gasteiger partial charge in [0.25, 0.3) is 0 Å². The molecule has 1 atom stereocenters. The monoisotopic (exact) mass is 258 g/mol. The molecule has 0 aliphatic carbocycles. The fourth-order valence-electron chi connectivity index (χ4n) is 1.27. The maximum Gasteiger partial charge on any atom is 0.191 e. The third-order valence-corrected chi connectivity index (χ3v) is 2.60. The Morgan fingerprint density at radius 2 is 2.35 bits per heavy atom. The van der Waals surface area contributed by atoms with E-state index >= 15 is 0 Å². The summed E-state index contributed by atoms with van der Waals surface area (Å²) in [5.41, 5.74) is 5.64. The van der Waals surface area contributed by atoms with E-state index in [9.17, 15) is 5.11 Å². The van der Waals surface area contributed by atoms with Crippen LogP contribution >= 0.6 is 11.8 Å². The molecule has 17 heavy (non-hydrogen) atoms. The largest absolute Gasteiger partial charge is 0.391 e. The quantitative estimate of drug-likeness (QED) is 0.487. The molecular formula is C10H18N4O2S. The van der Waals surface area contributed by atoms with E-state index in [1.54, 1.807) is 13.2 Å². The molecule has 0 spiro atoms. The van der Waals surface area contributed by atoms with Gasteiger partial charge in [-0.25, -0.2) is 9.97 Å². The number of hydrogen-bond donors (Lipinski definition) is 3. The smallest absolute Gasteiger partial charge is 0.191 e. The molecule has 6 nitrogen and oxygen atoms in total. The Morgan fingerprint density at radius 3 is 3.00 bits per heavy atom. The molecule has 0 fully saturated rings. The van der Waals surface area contributed by atoms with E-state index in [0.29, 0.717) is 36.4 Å². The van der Waals surface area contributed by atoms with Crippen LogP contribution in [0, 0.1) is 0 Å². The number of nitrogen functional groups attached to an aromatic ring is 1. The lowest BCUT2D eigenvalue weighted by atomic mass is 10.2. The zero-order valence-corrected chi connectivity index (χ0v) is 10.8. The summed E-state index contributed by atoms with van der Waals surface area (Å²) in [6.45, 7) is 0.943. The molecule has 1 unspecified atom stereocenters. The van der Waals surface area contributed by atoms with Crippen molar-refractivity contribution in [3.05, 3.63) is 6.07 Å². The highest BCUT2D eigenvalue weighted by Crippen LogP contribution is 2.15. The summed E-state index contributed by atoms with van der Waals surface area (Å²) in [7, 11) is 1.56. The van der Waals surface area contributed by atoms with Crippen molar-refractivity contribution in [3.63, 3.8) is 0 Å². The minimum atomic E-state index is -0.466. The van der Waals surface area contributed by atoms with Crippen LogP contribution in [0.2, 0.25) is 0 Å². The molecule has 0 amide bonds. The molecule has 1 heterocycles. The highest BCUT2D eigenvalue weighted by molar-refractivity contribution is 7.98. The van der Waals surface area contributed by atoms with Gasteiger partial charge in [0, 0.05) is 19.7 Å². The Morgan fingerprint density at radius 1 is 1.59 bits per heavy atom. The van der Waals surface area contributed by atoms with Gasteiger partial charge < -0.3 is 20.9 Å². The van der Waals surface area contributed by atoms with Crippen molar-refractivity contribution in [1.29, 1.82) is 0 Å². The molecule has 0 saturated carbocycles. The second-order valence-electron chi connectivity index (χ2n) is 3.49. The van der Waals surface area contributed by atoms with Gasteiger partial charge in [-0.2, -0.15) is 0 Å². The normalized spacial score (nSPS) is 12.4. The fourth-order valence-corrected chi connectivity index (χ4v) is 1.65. The van der Waals surface area contributed by atoms with Crippen LogP contribution in [0.25, 0.3) is 0 Å². The number of aliphatic hydroxyl groups excluding tert-OH is 1. The number of methoxy groups -OCH3 is 1. The number of rotatable bonds is 7. The number of nitrogens with zero attached hydrogens (tertiary/aromatic N) is 2. The van der Waals surface area contributed by atoms with Crippen LogP contribution in [-0.2, 0) is 4.74 Å². The Labute approximate surface area is 105 Å². The molecule has 1 aromatic heterocycles. The average Bonchev–Trinajstić information content (AvgIpc) is 2.28. The number of aliphatic hydroxyl groups is 1. The Kier molecular flexibility index (Phi) is 6.03. The molecule has 0 aliphatic rings. The van der Waals surface area contributed by atoms with E-state index < -0.39 is 6.10 Å². The molecule has 0 aromatic carbocycles. The van der Waals surface area contributed by atoms with Crippen LogP contribution in [0.4, 0.5) is 11.6 Å². The van der Waals surface area contributed by atoms with Crippen LogP contribution in [0.1, 0.15) is 6.42 Å². The second kappa shape index (κ2) is 7.31. The summed E-state index contributed by atoms with van der Waals surface area (Å²) in [4.78, 5) is 8.29. The van der Waals surface area contributed by atoms with Crippen molar-refractivity contribution in [2.24, 2.45) is 0 Å². The van der Waals surface area contributed by atoms with Gasteiger partial charge in [-0.15, -0.1) is 0 Å². The van der Waals surface area contributed by atoms with E-state index in [2.05, 4.69) is 15.3 Å². The minimum absolute atomic E-state index is 0.337. The maximum atomic E-state index is 9.46. The van der Waals surface area contributed by atoms with E-state index in [0.717, 1.165) is 0 Å². The standard InChI is InChI=1S/C10H18N4O2S/c1-16-6-7(15)3-4-12-9-5-8(11)13-10(14-9)17-2/h5,7,15H,3-4,6H2,1-2H3,(H3,11,12,13,14). The van der Waals surface area contributed by atoms with Crippen molar-refractivity contribution in [1.82, 2.24) is 9.97 Å². The molecule has 7 heteroatoms. The second-order valence-corrected chi connectivity index (χ2v) is 4.26. The molecule has 0 radical (unpaired) electrons. The molecule has 0 saturated heterocycles. The number of ether oxygens (including phenoxy) is 1. The molecule has 96 valence electrons. The van der Waals surface area contributed by atoms with Gasteiger partial charge in [-0.05, 0) is 12.7 Å². The minimum Gasteiger partial charge on any atom is -0.391 e. The van der Waals surface area contributed by atoms with E-state index in [-0.39, 0.29) is 0 Å². The van der Waals surface area contributed by atoms with E-state index in [1.807, 2.05) is 6.26 Å². The first-order valence-electron chi connectivity index (χ1n) is 5.25. The lowest BCUT2D eigenvalue weighted by Gasteiger charge is -2.11. The first-order chi connectivity index (χ1) is 8.15. The summed E-state index contributed by atoms with van der Waals surface area (Å²) < 4.78 is 4.84. The third-order valence-electron chi connectivity index (χ3n) is 2.05. The van der Waals surface area contributed by atoms with Crippen molar-refractivity contribution in [3.8, 4) is 0 Å². The number of thioether (sulfide) groups is 1. The zero-order chi connectivity index (χ0) is 12.7. The Balaban J connectivity index is 2.43. The van der Waals surface area contributed by atoms with Gasteiger partial charge in [0.1, 0.15) is 11.6 Å². The third kappa shape index (κ3) is 5.20. The lowest BCUT2D eigenvalue weighted by Crippen LogP contribution is -2.18. The number of anilines is 2. The van der Waals surface area contributed by atoms with Gasteiger partial charge in [-0.3, -0.25) is 0 Å². The zero-order valence-electron chi connectivity index (χ0n) is 10.0. The molecular weight excluding hydrogens is 240 g/mol. The van der Waals surface area contributed by atoms with Gasteiger partial charge in [0.2, 0.25) is 0 Å². The van der Waals surface area contributed by atoms with Crippen LogP contribution in [0.15, 0.2) is 11.2 Å². The molecule has 0 bridgehead atoms. The summed E-state index contributed by atoms with van der Waals surface area (Å²) in [5.74, 6) is 1.11. The first kappa shape index (κ1) is 14.0. The van der Waals surface area contributed by atoms with Crippen molar-refractivity contribution in [2.45, 2.75) is 17.7 Å². The predicted molar refractivity (Wildman–Crippen MR) is 69.2 cm³/mol. The first-order valence-corrected chi connectivity index (χ1v) is 6.47. The lowest BCUT2D eigenvalue weighted by molar-refractivity contribution is 0.0615. The Bertz CT molecular complexity index is 351. The summed E-state index contributed by atoms with van der Waals surface area (Å²) >= 11 is 1.43. The van der Waals surface area contributed by atoms with Crippen LogP contribution in [0.5, 0.6) is 0 Å². The average molecular weight is 258 g/mol. The van der Waals surface area contributed by atoms with Gasteiger partial charge in [0.15, 0.2) is 5.16 Å². The maximum absolute atomic E-state index is 9.46. The summed E-state index contributed by atoms with van der Waals surface area (Å²) in [6.07, 6.45) is 2.01. The van der Waals surface area contributed by atoms with Gasteiger partial charge in [-0.1, -0.05) is 11.8 Å². The topological polar surface area (TPSA) is 93.3 Å². The SMILES string of the molecule is COCC(O)CCNc1cc(N)nc(SC)n1.